The van der Waals surface area contributed by atoms with E-state index in [0.29, 0.717) is 6.04 Å². The van der Waals surface area contributed by atoms with E-state index in [-0.39, 0.29) is 5.41 Å². The summed E-state index contributed by atoms with van der Waals surface area (Å²) >= 11 is 0. The van der Waals surface area contributed by atoms with Crippen molar-refractivity contribution in [1.29, 1.82) is 0 Å². The lowest BCUT2D eigenvalue weighted by molar-refractivity contribution is 0.316. The molecule has 1 aliphatic heterocycles. The van der Waals surface area contributed by atoms with Gasteiger partial charge in [-0.3, -0.25) is 9.88 Å². The maximum absolute atomic E-state index is 4.60. The fourth-order valence-corrected chi connectivity index (χ4v) is 2.38. The van der Waals surface area contributed by atoms with E-state index in [4.69, 9.17) is 0 Å². The zero-order chi connectivity index (χ0) is 11.8. The zero-order valence-corrected chi connectivity index (χ0v) is 10.8. The van der Waals surface area contributed by atoms with Crippen LogP contribution in [-0.4, -0.2) is 23.5 Å². The summed E-state index contributed by atoms with van der Waals surface area (Å²) in [6.07, 6.45) is 4.64. The Hall–Kier alpha value is -0.890. The van der Waals surface area contributed by atoms with Crippen LogP contribution in [0.15, 0.2) is 18.3 Å². The first kappa shape index (κ1) is 11.6. The molecule has 2 rings (SSSR count). The van der Waals surface area contributed by atoms with Crippen molar-refractivity contribution in [2.75, 3.05) is 13.6 Å². The Morgan fingerprint density at radius 3 is 2.50 bits per heavy atom. The van der Waals surface area contributed by atoms with Gasteiger partial charge in [0.2, 0.25) is 0 Å². The number of nitrogens with zero attached hydrogens (tertiary/aromatic N) is 2. The van der Waals surface area contributed by atoms with Gasteiger partial charge in [0.25, 0.3) is 0 Å². The zero-order valence-electron chi connectivity index (χ0n) is 10.8. The van der Waals surface area contributed by atoms with Crippen molar-refractivity contribution in [2.24, 2.45) is 0 Å². The number of pyridine rings is 1. The van der Waals surface area contributed by atoms with Crippen LogP contribution >= 0.6 is 0 Å². The number of aromatic nitrogens is 1. The van der Waals surface area contributed by atoms with Crippen molar-refractivity contribution < 1.29 is 0 Å². The van der Waals surface area contributed by atoms with E-state index in [0.717, 1.165) is 0 Å². The van der Waals surface area contributed by atoms with Crippen LogP contribution in [0.1, 0.15) is 50.9 Å². The predicted molar refractivity (Wildman–Crippen MR) is 67.5 cm³/mol. The number of hydrogen-bond donors (Lipinski definition) is 0. The van der Waals surface area contributed by atoms with Crippen LogP contribution in [0.5, 0.6) is 0 Å². The lowest BCUT2D eigenvalue weighted by Crippen LogP contribution is -2.18. The fourth-order valence-electron chi connectivity index (χ4n) is 2.38. The molecule has 0 bridgehead atoms. The fraction of sp³-hybridized carbons (Fsp3) is 0.643. The van der Waals surface area contributed by atoms with E-state index in [1.807, 2.05) is 0 Å². The average molecular weight is 218 g/mol. The molecule has 2 heteroatoms. The molecule has 0 radical (unpaired) electrons. The first-order valence-corrected chi connectivity index (χ1v) is 6.15. The quantitative estimate of drug-likeness (QED) is 0.720. The van der Waals surface area contributed by atoms with Crippen molar-refractivity contribution in [3.8, 4) is 0 Å². The highest BCUT2D eigenvalue weighted by molar-refractivity contribution is 5.22. The second-order valence-electron chi connectivity index (χ2n) is 5.87. The van der Waals surface area contributed by atoms with Crippen LogP contribution in [0.3, 0.4) is 0 Å². The Morgan fingerprint density at radius 2 is 2.06 bits per heavy atom. The summed E-state index contributed by atoms with van der Waals surface area (Å²) in [7, 11) is 2.20. The molecule has 1 aromatic rings. The molecule has 2 nitrogen and oxygen atoms in total. The van der Waals surface area contributed by atoms with Crippen molar-refractivity contribution in [1.82, 2.24) is 9.88 Å². The Labute approximate surface area is 98.7 Å². The molecule has 2 heterocycles. The van der Waals surface area contributed by atoms with Gasteiger partial charge in [-0.1, -0.05) is 26.8 Å². The van der Waals surface area contributed by atoms with Crippen LogP contribution in [0.2, 0.25) is 0 Å². The molecule has 1 unspecified atom stereocenters. The molecule has 1 atom stereocenters. The largest absolute Gasteiger partial charge is 0.299 e. The standard InChI is InChI=1S/C14H22N2/c1-14(2,3)13-8-7-11(10-15-13)12-6-5-9-16(12)4/h7-8,10,12H,5-6,9H2,1-4H3. The highest BCUT2D eigenvalue weighted by Gasteiger charge is 2.23. The average Bonchev–Trinajstić information content (AvgIpc) is 2.63. The molecule has 0 saturated carbocycles. The predicted octanol–water partition coefficient (Wildman–Crippen LogP) is 3.15. The summed E-state index contributed by atoms with van der Waals surface area (Å²) in [6.45, 7) is 7.83. The molecule has 0 spiro atoms. The molecule has 0 aromatic carbocycles. The highest BCUT2D eigenvalue weighted by atomic mass is 15.1. The molecular formula is C14H22N2. The van der Waals surface area contributed by atoms with Gasteiger partial charge in [-0.15, -0.1) is 0 Å². The summed E-state index contributed by atoms with van der Waals surface area (Å²) in [5, 5.41) is 0. The minimum absolute atomic E-state index is 0.153. The lowest BCUT2D eigenvalue weighted by Gasteiger charge is -2.22. The maximum atomic E-state index is 4.60. The van der Waals surface area contributed by atoms with E-state index in [1.165, 1.54) is 30.6 Å². The molecule has 16 heavy (non-hydrogen) atoms. The molecule has 1 saturated heterocycles. The summed E-state index contributed by atoms with van der Waals surface area (Å²) in [5.74, 6) is 0. The van der Waals surface area contributed by atoms with Gasteiger partial charge in [0.05, 0.1) is 0 Å². The highest BCUT2D eigenvalue weighted by Crippen LogP contribution is 2.30. The van der Waals surface area contributed by atoms with Gasteiger partial charge in [-0.25, -0.2) is 0 Å². The Balaban J connectivity index is 2.19. The van der Waals surface area contributed by atoms with Crippen molar-refractivity contribution in [3.63, 3.8) is 0 Å². The first-order chi connectivity index (χ1) is 7.48. The third-order valence-electron chi connectivity index (χ3n) is 3.46. The van der Waals surface area contributed by atoms with E-state index in [9.17, 15) is 0 Å². The van der Waals surface area contributed by atoms with Gasteiger partial charge in [-0.2, -0.15) is 0 Å². The van der Waals surface area contributed by atoms with Crippen molar-refractivity contribution in [3.05, 3.63) is 29.6 Å². The SMILES string of the molecule is CN1CCCC1c1ccc(C(C)(C)C)nc1. The third kappa shape index (κ3) is 2.27. The van der Waals surface area contributed by atoms with Gasteiger partial charge < -0.3 is 0 Å². The normalized spacial score (nSPS) is 22.6. The monoisotopic (exact) mass is 218 g/mol. The molecular weight excluding hydrogens is 196 g/mol. The number of hydrogen-bond acceptors (Lipinski definition) is 2. The second-order valence-corrected chi connectivity index (χ2v) is 5.87. The van der Waals surface area contributed by atoms with Gasteiger partial charge in [-0.05, 0) is 38.1 Å². The third-order valence-corrected chi connectivity index (χ3v) is 3.46. The van der Waals surface area contributed by atoms with Gasteiger partial charge in [0.15, 0.2) is 0 Å². The summed E-state index contributed by atoms with van der Waals surface area (Å²) in [6, 6.07) is 5.02. The first-order valence-electron chi connectivity index (χ1n) is 6.15. The Morgan fingerprint density at radius 1 is 1.31 bits per heavy atom. The summed E-state index contributed by atoms with van der Waals surface area (Å²) in [4.78, 5) is 7.03. The van der Waals surface area contributed by atoms with Crippen LogP contribution in [0.25, 0.3) is 0 Å². The molecule has 0 aliphatic carbocycles. The van der Waals surface area contributed by atoms with Gasteiger partial charge >= 0.3 is 0 Å². The van der Waals surface area contributed by atoms with Crippen LogP contribution in [-0.2, 0) is 5.41 Å². The van der Waals surface area contributed by atoms with E-state index in [2.05, 4.69) is 56.0 Å². The molecule has 0 N–H and O–H groups in total. The minimum atomic E-state index is 0.153. The van der Waals surface area contributed by atoms with E-state index >= 15 is 0 Å². The van der Waals surface area contributed by atoms with Gasteiger partial charge in [0, 0.05) is 23.3 Å². The molecule has 1 aliphatic rings. The number of likely N-dealkylation sites (tertiary alicyclic amines) is 1. The smallest absolute Gasteiger partial charge is 0.0457 e. The molecule has 0 amide bonds. The molecule has 1 aromatic heterocycles. The van der Waals surface area contributed by atoms with Crippen LogP contribution < -0.4 is 0 Å². The van der Waals surface area contributed by atoms with Crippen LogP contribution in [0.4, 0.5) is 0 Å². The van der Waals surface area contributed by atoms with Crippen molar-refractivity contribution in [2.45, 2.75) is 45.1 Å². The topological polar surface area (TPSA) is 16.1 Å². The molecule has 1 fully saturated rings. The molecule has 88 valence electrons. The Kier molecular flexibility index (Phi) is 3.02. The Bertz CT molecular complexity index is 348. The summed E-state index contributed by atoms with van der Waals surface area (Å²) < 4.78 is 0. The van der Waals surface area contributed by atoms with Gasteiger partial charge in [0.1, 0.15) is 0 Å². The number of rotatable bonds is 1. The lowest BCUT2D eigenvalue weighted by atomic mass is 9.91. The van der Waals surface area contributed by atoms with E-state index in [1.54, 1.807) is 0 Å². The minimum Gasteiger partial charge on any atom is -0.299 e. The summed E-state index contributed by atoms with van der Waals surface area (Å²) in [5.41, 5.74) is 2.70. The second kappa shape index (κ2) is 4.17. The van der Waals surface area contributed by atoms with Crippen molar-refractivity contribution >= 4 is 0 Å². The maximum Gasteiger partial charge on any atom is 0.0457 e. The van der Waals surface area contributed by atoms with E-state index < -0.39 is 0 Å². The van der Waals surface area contributed by atoms with Crippen LogP contribution in [0, 0.1) is 0 Å².